The molecule has 0 saturated carbocycles. The van der Waals surface area contributed by atoms with Gasteiger partial charge in [-0.15, -0.1) is 47.0 Å². The van der Waals surface area contributed by atoms with Gasteiger partial charge < -0.3 is 14.5 Å². The zero-order chi connectivity index (χ0) is 32.6. The summed E-state index contributed by atoms with van der Waals surface area (Å²) in [7, 11) is 0. The first-order valence-corrected chi connectivity index (χ1v) is 20.0. The maximum Gasteiger partial charge on any atom is 0.127 e. The van der Waals surface area contributed by atoms with Crippen molar-refractivity contribution in [2.24, 2.45) is 0 Å². The fourth-order valence-corrected chi connectivity index (χ4v) is 6.92. The highest BCUT2D eigenvalue weighted by Gasteiger charge is 2.15. The van der Waals surface area contributed by atoms with Crippen LogP contribution in [0.2, 0.25) is 0 Å². The number of ether oxygens (including phenoxy) is 1. The van der Waals surface area contributed by atoms with Gasteiger partial charge in [0.2, 0.25) is 0 Å². The first-order chi connectivity index (χ1) is 23.1. The van der Waals surface area contributed by atoms with Gasteiger partial charge >= 0.3 is 0 Å². The average molecular weight is 689 g/mol. The molecule has 6 aromatic rings. The third kappa shape index (κ3) is 7.99. The van der Waals surface area contributed by atoms with Crippen LogP contribution in [0.4, 0.5) is 34.1 Å². The van der Waals surface area contributed by atoms with Crippen molar-refractivity contribution in [3.8, 4) is 11.5 Å². The molecule has 6 rings (SSSR count). The zero-order valence-corrected chi connectivity index (χ0v) is 30.1. The fraction of sp³-hybridized carbons (Fsp3) is 0.100. The van der Waals surface area contributed by atoms with Gasteiger partial charge in [0.05, 0.1) is 0 Å². The van der Waals surface area contributed by atoms with Crippen LogP contribution in [-0.4, -0.2) is 25.0 Å². The van der Waals surface area contributed by atoms with Crippen molar-refractivity contribution in [3.05, 3.63) is 146 Å². The lowest BCUT2D eigenvalue weighted by Gasteiger charge is -2.26. The van der Waals surface area contributed by atoms with E-state index in [1.165, 1.54) is 19.6 Å². The van der Waals surface area contributed by atoms with Gasteiger partial charge in [0.15, 0.2) is 0 Å². The Morgan fingerprint density at radius 2 is 0.489 bits per heavy atom. The van der Waals surface area contributed by atoms with E-state index < -0.39 is 0 Å². The minimum absolute atomic E-state index is 0.786. The molecular weight excluding hydrogens is 653 g/mol. The van der Waals surface area contributed by atoms with Crippen LogP contribution in [0.25, 0.3) is 0 Å². The highest BCUT2D eigenvalue weighted by molar-refractivity contribution is 7.99. The van der Waals surface area contributed by atoms with E-state index in [1.807, 2.05) is 24.3 Å². The SMILES string of the molecule is CSc1ccc(N(c2ccc(Oc3ccc(N(c4ccc(SC)cc4)c4ccc(SC)cc4)cc3)cc2)c2ccc(SC)cc2)cc1. The first-order valence-electron chi connectivity index (χ1n) is 15.1. The molecule has 6 aromatic carbocycles. The molecule has 0 atom stereocenters. The smallest absolute Gasteiger partial charge is 0.127 e. The number of benzene rings is 6. The maximum absolute atomic E-state index is 6.34. The Morgan fingerprint density at radius 1 is 0.298 bits per heavy atom. The standard InChI is InChI=1S/C40H36N2OS4/c1-44-37-21-9-31(10-22-37)41(32-11-23-38(45-2)24-12-32)29-5-17-35(18-6-29)43-36-19-7-30(8-20-36)42(33-13-25-39(46-3)26-14-33)34-15-27-40(47-4)28-16-34/h5-28H,1-4H3. The van der Waals surface area contributed by atoms with E-state index in [-0.39, 0.29) is 0 Å². The van der Waals surface area contributed by atoms with Crippen molar-refractivity contribution in [1.29, 1.82) is 0 Å². The quantitative estimate of drug-likeness (QED) is 0.117. The molecule has 236 valence electrons. The Morgan fingerprint density at radius 3 is 0.681 bits per heavy atom. The van der Waals surface area contributed by atoms with Crippen LogP contribution in [0, 0.1) is 0 Å². The van der Waals surface area contributed by atoms with E-state index >= 15 is 0 Å². The van der Waals surface area contributed by atoms with Gasteiger partial charge in [-0.25, -0.2) is 0 Å². The number of nitrogens with zero attached hydrogens (tertiary/aromatic N) is 2. The number of thioether (sulfide) groups is 4. The van der Waals surface area contributed by atoms with Gasteiger partial charge in [-0.1, -0.05) is 0 Å². The van der Waals surface area contributed by atoms with Gasteiger partial charge in [-0.05, 0) is 171 Å². The lowest BCUT2D eigenvalue weighted by atomic mass is 10.2. The molecule has 0 aliphatic heterocycles. The van der Waals surface area contributed by atoms with E-state index in [2.05, 4.69) is 156 Å². The van der Waals surface area contributed by atoms with Crippen molar-refractivity contribution in [1.82, 2.24) is 0 Å². The van der Waals surface area contributed by atoms with Gasteiger partial charge in [0.25, 0.3) is 0 Å². The first kappa shape index (κ1) is 33.0. The van der Waals surface area contributed by atoms with Crippen LogP contribution < -0.4 is 14.5 Å². The molecule has 0 aliphatic carbocycles. The Labute approximate surface area is 295 Å². The number of anilines is 6. The van der Waals surface area contributed by atoms with Gasteiger partial charge in [0.1, 0.15) is 11.5 Å². The van der Waals surface area contributed by atoms with Crippen LogP contribution in [0.15, 0.2) is 165 Å². The van der Waals surface area contributed by atoms with Crippen LogP contribution in [-0.2, 0) is 0 Å². The summed E-state index contributed by atoms with van der Waals surface area (Å²) < 4.78 is 6.34. The molecule has 0 unspecified atom stereocenters. The summed E-state index contributed by atoms with van der Waals surface area (Å²) in [4.78, 5) is 9.52. The van der Waals surface area contributed by atoms with Gasteiger partial charge in [-0.3, -0.25) is 0 Å². The molecule has 0 heterocycles. The number of hydrogen-bond acceptors (Lipinski definition) is 7. The van der Waals surface area contributed by atoms with Crippen LogP contribution in [0.5, 0.6) is 11.5 Å². The molecule has 3 nitrogen and oxygen atoms in total. The molecular formula is C40H36N2OS4. The van der Waals surface area contributed by atoms with E-state index in [1.54, 1.807) is 47.0 Å². The van der Waals surface area contributed by atoms with Crippen LogP contribution in [0.1, 0.15) is 0 Å². The van der Waals surface area contributed by atoms with Crippen LogP contribution >= 0.6 is 47.0 Å². The summed E-state index contributed by atoms with van der Waals surface area (Å²) in [6.45, 7) is 0. The number of rotatable bonds is 12. The van der Waals surface area contributed by atoms with Crippen LogP contribution in [0.3, 0.4) is 0 Å². The molecule has 0 radical (unpaired) electrons. The summed E-state index contributed by atoms with van der Waals surface area (Å²) >= 11 is 7.00. The highest BCUT2D eigenvalue weighted by Crippen LogP contribution is 2.39. The Hall–Kier alpha value is -3.88. The minimum atomic E-state index is 0.786. The third-order valence-electron chi connectivity index (χ3n) is 7.75. The molecule has 7 heteroatoms. The Kier molecular flexibility index (Phi) is 11.1. The van der Waals surface area contributed by atoms with Crippen molar-refractivity contribution >= 4 is 81.2 Å². The molecule has 0 aliphatic rings. The molecule has 0 spiro atoms. The monoisotopic (exact) mass is 688 g/mol. The van der Waals surface area contributed by atoms with Crippen molar-refractivity contribution in [3.63, 3.8) is 0 Å². The van der Waals surface area contributed by atoms with E-state index in [0.717, 1.165) is 45.6 Å². The van der Waals surface area contributed by atoms with E-state index in [0.29, 0.717) is 0 Å². The average Bonchev–Trinajstić information content (AvgIpc) is 3.14. The summed E-state index contributed by atoms with van der Waals surface area (Å²) in [5.41, 5.74) is 6.58. The van der Waals surface area contributed by atoms with Crippen molar-refractivity contribution in [2.45, 2.75) is 19.6 Å². The second kappa shape index (κ2) is 15.8. The summed E-state index contributed by atoms with van der Waals surface area (Å²) in [5, 5.41) is 0. The van der Waals surface area contributed by atoms with Gasteiger partial charge in [-0.2, -0.15) is 0 Å². The summed E-state index contributed by atoms with van der Waals surface area (Å²) in [5.74, 6) is 1.57. The molecule has 0 N–H and O–H groups in total. The second-order valence-electron chi connectivity index (χ2n) is 10.6. The third-order valence-corrected chi connectivity index (χ3v) is 10.7. The predicted octanol–water partition coefficient (Wildman–Crippen LogP) is 13.3. The largest absolute Gasteiger partial charge is 0.457 e. The molecule has 0 bridgehead atoms. The Bertz CT molecular complexity index is 1620. The maximum atomic E-state index is 6.34. The normalized spacial score (nSPS) is 10.9. The fourth-order valence-electron chi connectivity index (χ4n) is 5.28. The lowest BCUT2D eigenvalue weighted by Crippen LogP contribution is -2.10. The van der Waals surface area contributed by atoms with E-state index in [4.69, 9.17) is 4.74 Å². The van der Waals surface area contributed by atoms with Crippen molar-refractivity contribution in [2.75, 3.05) is 34.8 Å². The highest BCUT2D eigenvalue weighted by atomic mass is 32.2. The molecule has 0 amide bonds. The topological polar surface area (TPSA) is 15.7 Å². The van der Waals surface area contributed by atoms with Gasteiger partial charge in [0, 0.05) is 53.7 Å². The molecule has 0 saturated heterocycles. The molecule has 47 heavy (non-hydrogen) atoms. The second-order valence-corrected chi connectivity index (χ2v) is 14.1. The summed E-state index contributed by atoms with van der Waals surface area (Å²) in [6.07, 6.45) is 8.41. The Balaban J connectivity index is 1.24. The van der Waals surface area contributed by atoms with E-state index in [9.17, 15) is 0 Å². The summed E-state index contributed by atoms with van der Waals surface area (Å²) in [6, 6.07) is 51.4. The zero-order valence-electron chi connectivity index (χ0n) is 26.8. The molecule has 0 fully saturated rings. The number of hydrogen-bond donors (Lipinski definition) is 0. The molecule has 0 aromatic heterocycles. The minimum Gasteiger partial charge on any atom is -0.457 e. The lowest BCUT2D eigenvalue weighted by molar-refractivity contribution is 0.483. The van der Waals surface area contributed by atoms with Crippen molar-refractivity contribution < 1.29 is 4.74 Å². The predicted molar refractivity (Wildman–Crippen MR) is 209 cm³/mol.